The molecular weight excluding hydrogens is 243 g/mol. The van der Waals surface area contributed by atoms with Gasteiger partial charge >= 0.3 is 6.18 Å². The lowest BCUT2D eigenvalue weighted by atomic mass is 10.1. The first-order chi connectivity index (χ1) is 8.23. The van der Waals surface area contributed by atoms with Crippen LogP contribution < -0.4 is 0 Å². The first-order valence-electron chi connectivity index (χ1n) is 5.65. The number of rotatable bonds is 3. The van der Waals surface area contributed by atoms with Crippen molar-refractivity contribution in [3.63, 3.8) is 0 Å². The second kappa shape index (κ2) is 5.42. The minimum absolute atomic E-state index is 0.206. The van der Waals surface area contributed by atoms with Gasteiger partial charge in [-0.1, -0.05) is 26.0 Å². The molecule has 0 heterocycles. The Hall–Kier alpha value is -1.52. The number of carbonyl (C=O) groups is 1. The Morgan fingerprint density at radius 3 is 2.33 bits per heavy atom. The van der Waals surface area contributed by atoms with Crippen LogP contribution in [0.4, 0.5) is 13.2 Å². The molecule has 0 unspecified atom stereocenters. The smallest absolute Gasteiger partial charge is 0.341 e. The second-order valence-corrected chi connectivity index (χ2v) is 4.62. The summed E-state index contributed by atoms with van der Waals surface area (Å²) in [5.74, 6) is -0.395. The van der Waals surface area contributed by atoms with Gasteiger partial charge in [0.2, 0.25) is 0 Å². The molecule has 0 aliphatic rings. The molecule has 5 heteroatoms. The summed E-state index contributed by atoms with van der Waals surface area (Å²) in [6.07, 6.45) is -4.51. The summed E-state index contributed by atoms with van der Waals surface area (Å²) in [5, 5.41) is 0. The van der Waals surface area contributed by atoms with Crippen LogP contribution in [-0.2, 0) is 6.18 Å². The first kappa shape index (κ1) is 14.5. The zero-order valence-corrected chi connectivity index (χ0v) is 10.6. The fraction of sp³-hybridized carbons (Fsp3) is 0.462. The van der Waals surface area contributed by atoms with Crippen LogP contribution in [-0.4, -0.2) is 24.4 Å². The second-order valence-electron chi connectivity index (χ2n) is 4.62. The van der Waals surface area contributed by atoms with Crippen molar-refractivity contribution >= 4 is 5.91 Å². The van der Waals surface area contributed by atoms with Crippen molar-refractivity contribution in [2.45, 2.75) is 20.0 Å². The van der Waals surface area contributed by atoms with E-state index in [4.69, 9.17) is 0 Å². The molecule has 1 aromatic carbocycles. The van der Waals surface area contributed by atoms with Crippen molar-refractivity contribution in [3.8, 4) is 0 Å². The molecule has 2 nitrogen and oxygen atoms in total. The zero-order chi connectivity index (χ0) is 13.9. The van der Waals surface area contributed by atoms with Crippen molar-refractivity contribution in [1.82, 2.24) is 4.90 Å². The van der Waals surface area contributed by atoms with E-state index in [-0.39, 0.29) is 11.5 Å². The predicted molar refractivity (Wildman–Crippen MR) is 63.2 cm³/mol. The van der Waals surface area contributed by atoms with Crippen LogP contribution in [0.3, 0.4) is 0 Å². The number of hydrogen-bond donors (Lipinski definition) is 0. The van der Waals surface area contributed by atoms with Gasteiger partial charge in [-0.2, -0.15) is 13.2 Å². The maximum absolute atomic E-state index is 12.8. The van der Waals surface area contributed by atoms with Crippen molar-refractivity contribution in [2.75, 3.05) is 13.6 Å². The van der Waals surface area contributed by atoms with Crippen molar-refractivity contribution in [3.05, 3.63) is 35.4 Å². The van der Waals surface area contributed by atoms with E-state index in [2.05, 4.69) is 0 Å². The third kappa shape index (κ3) is 3.48. The molecule has 0 aliphatic carbocycles. The molecule has 0 atom stereocenters. The molecule has 18 heavy (non-hydrogen) atoms. The minimum atomic E-state index is -4.51. The summed E-state index contributed by atoms with van der Waals surface area (Å²) in [6, 6.07) is 4.85. The Balaban J connectivity index is 3.06. The van der Waals surface area contributed by atoms with Crippen LogP contribution in [0.25, 0.3) is 0 Å². The summed E-state index contributed by atoms with van der Waals surface area (Å²) in [7, 11) is 1.51. The van der Waals surface area contributed by atoms with Gasteiger partial charge in [0.1, 0.15) is 0 Å². The first-order valence-corrected chi connectivity index (χ1v) is 5.65. The maximum Gasteiger partial charge on any atom is 0.417 e. The van der Waals surface area contributed by atoms with Gasteiger partial charge in [-0.25, -0.2) is 0 Å². The number of alkyl halides is 3. The molecule has 1 rings (SSSR count). The quantitative estimate of drug-likeness (QED) is 0.814. The summed E-state index contributed by atoms with van der Waals surface area (Å²) < 4.78 is 38.3. The molecule has 0 aliphatic heterocycles. The van der Waals surface area contributed by atoms with Crippen LogP contribution >= 0.6 is 0 Å². The van der Waals surface area contributed by atoms with E-state index in [9.17, 15) is 18.0 Å². The standard InChI is InChI=1S/C13H16F3NO/c1-9(2)8-17(3)12(18)10-6-4-5-7-11(10)13(14,15)16/h4-7,9H,8H2,1-3H3. The number of benzene rings is 1. The van der Waals surface area contributed by atoms with E-state index in [1.807, 2.05) is 13.8 Å². The largest absolute Gasteiger partial charge is 0.417 e. The van der Waals surface area contributed by atoms with E-state index in [1.54, 1.807) is 0 Å². The number of carbonyl (C=O) groups excluding carboxylic acids is 1. The summed E-state index contributed by atoms with van der Waals surface area (Å²) in [5.41, 5.74) is -1.18. The molecule has 0 N–H and O–H groups in total. The van der Waals surface area contributed by atoms with Crippen molar-refractivity contribution in [1.29, 1.82) is 0 Å². The van der Waals surface area contributed by atoms with E-state index >= 15 is 0 Å². The van der Waals surface area contributed by atoms with Crippen LogP contribution in [0.5, 0.6) is 0 Å². The lowest BCUT2D eigenvalue weighted by molar-refractivity contribution is -0.138. The molecule has 0 aromatic heterocycles. The lowest BCUT2D eigenvalue weighted by Gasteiger charge is -2.21. The molecule has 0 radical (unpaired) electrons. The maximum atomic E-state index is 12.8. The number of hydrogen-bond acceptors (Lipinski definition) is 1. The third-order valence-electron chi connectivity index (χ3n) is 2.45. The molecular formula is C13H16F3NO. The molecule has 0 bridgehead atoms. The van der Waals surface area contributed by atoms with Gasteiger partial charge in [-0.3, -0.25) is 4.79 Å². The summed E-state index contributed by atoms with van der Waals surface area (Å²) in [4.78, 5) is 13.3. The molecule has 100 valence electrons. The highest BCUT2D eigenvalue weighted by Gasteiger charge is 2.35. The summed E-state index contributed by atoms with van der Waals surface area (Å²) >= 11 is 0. The van der Waals surface area contributed by atoms with E-state index < -0.39 is 17.6 Å². The Morgan fingerprint density at radius 1 is 1.28 bits per heavy atom. The highest BCUT2D eigenvalue weighted by molar-refractivity contribution is 5.95. The van der Waals surface area contributed by atoms with Crippen molar-refractivity contribution in [2.24, 2.45) is 5.92 Å². The fourth-order valence-corrected chi connectivity index (χ4v) is 1.75. The van der Waals surface area contributed by atoms with Crippen LogP contribution in [0.1, 0.15) is 29.8 Å². The average molecular weight is 259 g/mol. The van der Waals surface area contributed by atoms with Crippen LogP contribution in [0, 0.1) is 5.92 Å². The Bertz CT molecular complexity index is 426. The Labute approximate surface area is 104 Å². The van der Waals surface area contributed by atoms with E-state index in [0.717, 1.165) is 6.07 Å². The molecule has 0 saturated heterocycles. The van der Waals surface area contributed by atoms with Crippen LogP contribution in [0.2, 0.25) is 0 Å². The SMILES string of the molecule is CC(C)CN(C)C(=O)c1ccccc1C(F)(F)F. The normalized spacial score (nSPS) is 11.7. The van der Waals surface area contributed by atoms with Crippen LogP contribution in [0.15, 0.2) is 24.3 Å². The van der Waals surface area contributed by atoms with Gasteiger partial charge in [0.05, 0.1) is 11.1 Å². The van der Waals surface area contributed by atoms with E-state index in [1.165, 1.54) is 30.1 Å². The average Bonchev–Trinajstić information content (AvgIpc) is 2.26. The van der Waals surface area contributed by atoms with Gasteiger partial charge in [-0.05, 0) is 18.1 Å². The molecule has 0 fully saturated rings. The monoisotopic (exact) mass is 259 g/mol. The Kier molecular flexibility index (Phi) is 4.38. The predicted octanol–water partition coefficient (Wildman–Crippen LogP) is 3.43. The minimum Gasteiger partial charge on any atom is -0.341 e. The summed E-state index contributed by atoms with van der Waals surface area (Å²) in [6.45, 7) is 4.23. The van der Waals surface area contributed by atoms with Gasteiger partial charge in [0.25, 0.3) is 5.91 Å². The van der Waals surface area contributed by atoms with Gasteiger partial charge < -0.3 is 4.90 Å². The zero-order valence-electron chi connectivity index (χ0n) is 10.6. The molecule has 1 aromatic rings. The number of amides is 1. The third-order valence-corrected chi connectivity index (χ3v) is 2.45. The van der Waals surface area contributed by atoms with Crippen molar-refractivity contribution < 1.29 is 18.0 Å². The van der Waals surface area contributed by atoms with E-state index in [0.29, 0.717) is 6.54 Å². The van der Waals surface area contributed by atoms with Gasteiger partial charge in [0.15, 0.2) is 0 Å². The highest BCUT2D eigenvalue weighted by atomic mass is 19.4. The molecule has 0 saturated carbocycles. The number of nitrogens with zero attached hydrogens (tertiary/aromatic N) is 1. The fourth-order valence-electron chi connectivity index (χ4n) is 1.75. The van der Waals surface area contributed by atoms with Gasteiger partial charge in [0, 0.05) is 13.6 Å². The molecule has 1 amide bonds. The topological polar surface area (TPSA) is 20.3 Å². The molecule has 0 spiro atoms. The highest BCUT2D eigenvalue weighted by Crippen LogP contribution is 2.32. The van der Waals surface area contributed by atoms with Gasteiger partial charge in [-0.15, -0.1) is 0 Å². The lowest BCUT2D eigenvalue weighted by Crippen LogP contribution is -2.31. The number of halogens is 3. The Morgan fingerprint density at radius 2 is 1.83 bits per heavy atom.